The molecule has 0 amide bonds. The van der Waals surface area contributed by atoms with E-state index in [4.69, 9.17) is 14.2 Å². The maximum Gasteiger partial charge on any atom is 0.142 e. The van der Waals surface area contributed by atoms with Gasteiger partial charge in [0.25, 0.3) is 0 Å². The highest BCUT2D eigenvalue weighted by molar-refractivity contribution is 5.85. The number of rotatable bonds is 0. The van der Waals surface area contributed by atoms with E-state index in [1.54, 1.807) is 0 Å². The molecule has 5 nitrogen and oxygen atoms in total. The Labute approximate surface area is 166 Å². The van der Waals surface area contributed by atoms with E-state index in [1.807, 2.05) is 62.4 Å². The van der Waals surface area contributed by atoms with Crippen molar-refractivity contribution >= 4 is 5.78 Å². The van der Waals surface area contributed by atoms with Crippen molar-refractivity contribution in [3.8, 4) is 11.5 Å². The summed E-state index contributed by atoms with van der Waals surface area (Å²) in [5.41, 5.74) is 2.02. The Morgan fingerprint density at radius 1 is 0.750 bits per heavy atom. The molecule has 0 saturated carbocycles. The molecular formula is C23H27NO4. The standard InChI is InChI=1S/C23H27NO4/c1-15-21-17-7-3-5-9-19(17)27-13-11-26-12-14-28-20-10-6-4-8-18(20)22(24-21)16(2)23(15)25/h3-10,15-16,21-22,24H,11-14H2,1-2H3/t15-,16+,21-,22+. The maximum absolute atomic E-state index is 13.2. The summed E-state index contributed by atoms with van der Waals surface area (Å²) in [6.45, 7) is 5.90. The van der Waals surface area contributed by atoms with Gasteiger partial charge in [-0.3, -0.25) is 4.79 Å². The number of hydrogen-bond donors (Lipinski definition) is 1. The lowest BCUT2D eigenvalue weighted by Gasteiger charge is -2.40. The number of carbonyl (C=O) groups excluding carboxylic acids is 1. The lowest BCUT2D eigenvalue weighted by Crippen LogP contribution is -2.46. The second kappa shape index (κ2) is 8.33. The van der Waals surface area contributed by atoms with Gasteiger partial charge in [-0.15, -0.1) is 0 Å². The fraction of sp³-hybridized carbons (Fsp3) is 0.435. The monoisotopic (exact) mass is 381 g/mol. The highest BCUT2D eigenvalue weighted by atomic mass is 16.5. The van der Waals surface area contributed by atoms with E-state index in [0.717, 1.165) is 22.6 Å². The van der Waals surface area contributed by atoms with Crippen LogP contribution in [0.25, 0.3) is 0 Å². The second-order valence-electron chi connectivity index (χ2n) is 7.49. The van der Waals surface area contributed by atoms with E-state index in [9.17, 15) is 4.79 Å². The molecule has 1 saturated heterocycles. The minimum atomic E-state index is -0.145. The normalized spacial score (nSPS) is 28.1. The molecule has 2 aromatic carbocycles. The number of piperidine rings is 1. The van der Waals surface area contributed by atoms with Crippen LogP contribution in [-0.2, 0) is 9.53 Å². The number of hydrogen-bond acceptors (Lipinski definition) is 5. The number of Topliss-reactive ketones (excluding diaryl/α,β-unsaturated/α-hetero) is 1. The van der Waals surface area contributed by atoms with Gasteiger partial charge >= 0.3 is 0 Å². The Morgan fingerprint density at radius 2 is 1.21 bits per heavy atom. The molecule has 0 radical (unpaired) electrons. The smallest absolute Gasteiger partial charge is 0.142 e. The van der Waals surface area contributed by atoms with E-state index < -0.39 is 0 Å². The van der Waals surface area contributed by atoms with Gasteiger partial charge in [0, 0.05) is 35.0 Å². The summed E-state index contributed by atoms with van der Waals surface area (Å²) in [5.74, 6) is 1.58. The molecule has 4 rings (SSSR count). The fourth-order valence-corrected chi connectivity index (χ4v) is 4.20. The Hall–Kier alpha value is -2.37. The van der Waals surface area contributed by atoms with Crippen molar-refractivity contribution in [3.63, 3.8) is 0 Å². The van der Waals surface area contributed by atoms with Crippen LogP contribution >= 0.6 is 0 Å². The van der Waals surface area contributed by atoms with Gasteiger partial charge in [-0.25, -0.2) is 0 Å². The zero-order valence-electron chi connectivity index (χ0n) is 16.4. The molecule has 0 spiro atoms. The molecule has 28 heavy (non-hydrogen) atoms. The number of carbonyl (C=O) groups is 1. The summed E-state index contributed by atoms with van der Waals surface area (Å²) in [4.78, 5) is 13.2. The minimum Gasteiger partial charge on any atom is -0.491 e. The maximum atomic E-state index is 13.2. The first-order valence-electron chi connectivity index (χ1n) is 9.98. The van der Waals surface area contributed by atoms with Crippen LogP contribution in [0, 0.1) is 11.8 Å². The number of para-hydroxylation sites is 2. The molecule has 0 unspecified atom stereocenters. The van der Waals surface area contributed by atoms with Crippen molar-refractivity contribution in [2.75, 3.05) is 26.4 Å². The van der Waals surface area contributed by atoms with Crippen molar-refractivity contribution in [1.29, 1.82) is 0 Å². The molecule has 2 aliphatic rings. The van der Waals surface area contributed by atoms with Crippen LogP contribution in [-0.4, -0.2) is 32.2 Å². The number of nitrogens with one attached hydrogen (secondary N) is 1. The van der Waals surface area contributed by atoms with Crippen LogP contribution in [0.1, 0.15) is 37.1 Å². The van der Waals surface area contributed by atoms with Crippen molar-refractivity contribution in [2.24, 2.45) is 11.8 Å². The Morgan fingerprint density at radius 3 is 1.71 bits per heavy atom. The molecule has 2 bridgehead atoms. The predicted molar refractivity (Wildman–Crippen MR) is 107 cm³/mol. The van der Waals surface area contributed by atoms with E-state index in [0.29, 0.717) is 26.4 Å². The number of ketones is 1. The third-order valence-corrected chi connectivity index (χ3v) is 5.74. The zero-order valence-corrected chi connectivity index (χ0v) is 16.4. The molecule has 4 atom stereocenters. The first-order chi connectivity index (χ1) is 13.7. The van der Waals surface area contributed by atoms with E-state index in [-0.39, 0.29) is 29.7 Å². The largest absolute Gasteiger partial charge is 0.491 e. The van der Waals surface area contributed by atoms with E-state index in [2.05, 4.69) is 5.32 Å². The topological polar surface area (TPSA) is 56.8 Å². The zero-order chi connectivity index (χ0) is 19.5. The summed E-state index contributed by atoms with van der Waals surface area (Å²) in [7, 11) is 0. The van der Waals surface area contributed by atoms with Crippen LogP contribution in [0.15, 0.2) is 48.5 Å². The Bertz CT molecular complexity index is 771. The Balaban J connectivity index is 1.78. The Kier molecular flexibility index (Phi) is 5.64. The van der Waals surface area contributed by atoms with E-state index >= 15 is 0 Å². The quantitative estimate of drug-likeness (QED) is 0.754. The molecular weight excluding hydrogens is 354 g/mol. The second-order valence-corrected chi connectivity index (χ2v) is 7.49. The van der Waals surface area contributed by atoms with Crippen LogP contribution in [0.2, 0.25) is 0 Å². The van der Waals surface area contributed by atoms with Crippen molar-refractivity contribution in [3.05, 3.63) is 59.7 Å². The average Bonchev–Trinajstić information content (AvgIpc) is 2.72. The lowest BCUT2D eigenvalue weighted by atomic mass is 9.76. The highest BCUT2D eigenvalue weighted by Crippen LogP contribution is 2.42. The van der Waals surface area contributed by atoms with Crippen molar-refractivity contribution < 1.29 is 19.0 Å². The summed E-state index contributed by atoms with van der Waals surface area (Å²) >= 11 is 0. The fourth-order valence-electron chi connectivity index (χ4n) is 4.20. The summed E-state index contributed by atoms with van der Waals surface area (Å²) in [5, 5.41) is 3.74. The first kappa shape index (κ1) is 19.0. The van der Waals surface area contributed by atoms with Crippen LogP contribution in [0.3, 0.4) is 0 Å². The first-order valence-corrected chi connectivity index (χ1v) is 9.98. The molecule has 5 heteroatoms. The third kappa shape index (κ3) is 3.64. The molecule has 0 aromatic heterocycles. The van der Waals surface area contributed by atoms with Gasteiger partial charge in [-0.2, -0.15) is 0 Å². The molecule has 2 aliphatic heterocycles. The molecule has 1 fully saturated rings. The van der Waals surface area contributed by atoms with Gasteiger partial charge in [-0.05, 0) is 12.1 Å². The van der Waals surface area contributed by atoms with Crippen LogP contribution in [0.4, 0.5) is 0 Å². The van der Waals surface area contributed by atoms with Gasteiger partial charge in [0.05, 0.1) is 13.2 Å². The SMILES string of the molecule is C[C@@H]1C(=O)[C@H](C)[C@H]2N[C@@H]1c1ccccc1OCCOCCOc1ccccc12. The highest BCUT2D eigenvalue weighted by Gasteiger charge is 2.41. The minimum absolute atomic E-state index is 0.123. The summed E-state index contributed by atoms with van der Waals surface area (Å²) in [6, 6.07) is 15.7. The molecule has 148 valence electrons. The lowest BCUT2D eigenvalue weighted by molar-refractivity contribution is -0.130. The third-order valence-electron chi connectivity index (χ3n) is 5.74. The summed E-state index contributed by atoms with van der Waals surface area (Å²) < 4.78 is 17.6. The number of benzene rings is 2. The van der Waals surface area contributed by atoms with E-state index in [1.165, 1.54) is 0 Å². The molecule has 1 N–H and O–H groups in total. The predicted octanol–water partition coefficient (Wildman–Crippen LogP) is 3.70. The van der Waals surface area contributed by atoms with Gasteiger partial charge in [-0.1, -0.05) is 50.2 Å². The molecule has 2 heterocycles. The molecule has 0 aliphatic carbocycles. The van der Waals surface area contributed by atoms with Crippen LogP contribution < -0.4 is 14.8 Å². The molecule has 2 aromatic rings. The van der Waals surface area contributed by atoms with Crippen molar-refractivity contribution in [1.82, 2.24) is 5.32 Å². The average molecular weight is 381 g/mol. The number of fused-ring (bicyclic) bond motifs is 6. The van der Waals surface area contributed by atoms with Gasteiger partial charge in [0.1, 0.15) is 30.5 Å². The number of ether oxygens (including phenoxy) is 3. The van der Waals surface area contributed by atoms with Crippen LogP contribution in [0.5, 0.6) is 11.5 Å². The van der Waals surface area contributed by atoms with Gasteiger partial charge in [0.2, 0.25) is 0 Å². The van der Waals surface area contributed by atoms with Gasteiger partial charge in [0.15, 0.2) is 0 Å². The van der Waals surface area contributed by atoms with Gasteiger partial charge < -0.3 is 19.5 Å². The van der Waals surface area contributed by atoms with Crippen molar-refractivity contribution in [2.45, 2.75) is 25.9 Å². The summed E-state index contributed by atoms with van der Waals surface area (Å²) in [6.07, 6.45) is 0.